The van der Waals surface area contributed by atoms with E-state index >= 15 is 0 Å². The number of phenolic OH excluding ortho intramolecular Hbond substituents is 1. The van der Waals surface area contributed by atoms with Crippen LogP contribution in [0.15, 0.2) is 29.6 Å². The monoisotopic (exact) mass is 289 g/mol. The lowest BCUT2D eigenvalue weighted by molar-refractivity contribution is -0.117. The van der Waals surface area contributed by atoms with Crippen LogP contribution in [0.4, 0.5) is 5.13 Å². The van der Waals surface area contributed by atoms with Crippen LogP contribution in [-0.4, -0.2) is 28.6 Å². The van der Waals surface area contributed by atoms with E-state index in [1.165, 1.54) is 11.3 Å². The molecule has 1 aliphatic heterocycles. The Morgan fingerprint density at radius 1 is 1.50 bits per heavy atom. The molecule has 5 nitrogen and oxygen atoms in total. The maximum atomic E-state index is 12.0. The van der Waals surface area contributed by atoms with E-state index in [1.54, 1.807) is 18.2 Å². The van der Waals surface area contributed by atoms with Gasteiger partial charge in [0.05, 0.1) is 11.7 Å². The van der Waals surface area contributed by atoms with E-state index < -0.39 is 0 Å². The molecule has 1 aromatic heterocycles. The predicted octanol–water partition coefficient (Wildman–Crippen LogP) is 2.21. The Morgan fingerprint density at radius 3 is 3.15 bits per heavy atom. The molecule has 3 N–H and O–H groups in total. The van der Waals surface area contributed by atoms with Gasteiger partial charge in [-0.1, -0.05) is 12.1 Å². The molecule has 0 bridgehead atoms. The van der Waals surface area contributed by atoms with Gasteiger partial charge in [-0.25, -0.2) is 4.98 Å². The number of rotatable bonds is 3. The molecule has 2 aromatic rings. The molecule has 1 atom stereocenters. The number of nitrogens with one attached hydrogen (secondary N) is 2. The lowest BCUT2D eigenvalue weighted by atomic mass is 10.2. The number of aromatic hydroxyl groups is 1. The van der Waals surface area contributed by atoms with Gasteiger partial charge >= 0.3 is 0 Å². The fraction of sp³-hybridized carbons (Fsp3) is 0.286. The van der Waals surface area contributed by atoms with Crippen LogP contribution in [0.3, 0.4) is 0 Å². The number of carbonyl (C=O) groups is 1. The summed E-state index contributed by atoms with van der Waals surface area (Å²) in [6.07, 6.45) is 1.90. The Morgan fingerprint density at radius 2 is 2.40 bits per heavy atom. The molecule has 1 aliphatic rings. The van der Waals surface area contributed by atoms with Gasteiger partial charge in [0.1, 0.15) is 5.75 Å². The van der Waals surface area contributed by atoms with E-state index in [4.69, 9.17) is 0 Å². The fourth-order valence-electron chi connectivity index (χ4n) is 2.23. The molecule has 1 aromatic carbocycles. The van der Waals surface area contributed by atoms with Crippen LogP contribution < -0.4 is 10.6 Å². The molecule has 3 rings (SSSR count). The zero-order chi connectivity index (χ0) is 13.9. The van der Waals surface area contributed by atoms with Gasteiger partial charge < -0.3 is 15.7 Å². The summed E-state index contributed by atoms with van der Waals surface area (Å²) >= 11 is 1.38. The number of phenols is 1. The second-order valence-electron chi connectivity index (χ2n) is 4.73. The number of thiazole rings is 1. The van der Waals surface area contributed by atoms with E-state index in [1.807, 2.05) is 11.4 Å². The minimum atomic E-state index is -0.108. The number of hydrogen-bond acceptors (Lipinski definition) is 5. The summed E-state index contributed by atoms with van der Waals surface area (Å²) in [4.78, 5) is 16.3. The van der Waals surface area contributed by atoms with Crippen molar-refractivity contribution in [2.75, 3.05) is 11.9 Å². The van der Waals surface area contributed by atoms with Gasteiger partial charge in [0.2, 0.25) is 5.91 Å². The molecule has 104 valence electrons. The quantitative estimate of drug-likeness (QED) is 0.810. The highest BCUT2D eigenvalue weighted by molar-refractivity contribution is 7.14. The van der Waals surface area contributed by atoms with E-state index in [-0.39, 0.29) is 17.7 Å². The smallest absolute Gasteiger partial charge is 0.243 e. The van der Waals surface area contributed by atoms with Crippen molar-refractivity contribution in [3.8, 4) is 17.0 Å². The maximum absolute atomic E-state index is 12.0. The van der Waals surface area contributed by atoms with Crippen LogP contribution in [0.2, 0.25) is 0 Å². The molecular weight excluding hydrogens is 274 g/mol. The average molecular weight is 289 g/mol. The number of amides is 1. The van der Waals surface area contributed by atoms with E-state index in [0.29, 0.717) is 5.13 Å². The lowest BCUT2D eigenvalue weighted by Gasteiger charge is -2.08. The van der Waals surface area contributed by atoms with Crippen LogP contribution in [0.1, 0.15) is 12.8 Å². The van der Waals surface area contributed by atoms with E-state index in [0.717, 1.165) is 30.6 Å². The second-order valence-corrected chi connectivity index (χ2v) is 5.58. The molecule has 1 saturated heterocycles. The summed E-state index contributed by atoms with van der Waals surface area (Å²) in [5.41, 5.74) is 1.58. The van der Waals surface area contributed by atoms with Gasteiger partial charge in [-0.05, 0) is 31.5 Å². The highest BCUT2D eigenvalue weighted by Crippen LogP contribution is 2.27. The highest BCUT2D eigenvalue weighted by Gasteiger charge is 2.22. The lowest BCUT2D eigenvalue weighted by Crippen LogP contribution is -2.35. The largest absolute Gasteiger partial charge is 0.508 e. The Hall–Kier alpha value is -1.92. The molecule has 2 heterocycles. The Labute approximate surface area is 120 Å². The van der Waals surface area contributed by atoms with Crippen LogP contribution >= 0.6 is 11.3 Å². The molecule has 0 radical (unpaired) electrons. The topological polar surface area (TPSA) is 74.2 Å². The third kappa shape index (κ3) is 2.81. The van der Waals surface area contributed by atoms with Gasteiger partial charge in [-0.3, -0.25) is 4.79 Å². The number of anilines is 1. The van der Waals surface area contributed by atoms with Gasteiger partial charge in [0.15, 0.2) is 5.13 Å². The van der Waals surface area contributed by atoms with Crippen molar-refractivity contribution in [1.82, 2.24) is 10.3 Å². The molecule has 0 spiro atoms. The molecule has 1 fully saturated rings. The minimum Gasteiger partial charge on any atom is -0.508 e. The van der Waals surface area contributed by atoms with Gasteiger partial charge in [-0.2, -0.15) is 0 Å². The Bertz CT molecular complexity index is 620. The summed E-state index contributed by atoms with van der Waals surface area (Å²) in [7, 11) is 0. The first-order valence-corrected chi connectivity index (χ1v) is 7.39. The van der Waals surface area contributed by atoms with Crippen LogP contribution in [0.5, 0.6) is 5.75 Å². The van der Waals surface area contributed by atoms with Crippen molar-refractivity contribution in [3.05, 3.63) is 29.6 Å². The standard InChI is InChI=1S/C14H15N3O2S/c18-10-4-1-3-9(7-10)12-8-20-14(16-12)17-13(19)11-5-2-6-15-11/h1,3-4,7-8,11,15,18H,2,5-6H2,(H,16,17,19). The zero-order valence-corrected chi connectivity index (χ0v) is 11.6. The summed E-state index contributed by atoms with van der Waals surface area (Å²) in [6, 6.07) is 6.80. The molecule has 6 heteroatoms. The van der Waals surface area contributed by atoms with E-state index in [9.17, 15) is 9.90 Å². The van der Waals surface area contributed by atoms with Gasteiger partial charge in [0.25, 0.3) is 0 Å². The first-order valence-electron chi connectivity index (χ1n) is 6.51. The Kier molecular flexibility index (Phi) is 3.66. The number of carbonyl (C=O) groups excluding carboxylic acids is 1. The molecule has 1 amide bonds. The van der Waals surface area contributed by atoms with Crippen LogP contribution in [0.25, 0.3) is 11.3 Å². The predicted molar refractivity (Wildman–Crippen MR) is 78.9 cm³/mol. The third-order valence-electron chi connectivity index (χ3n) is 3.25. The van der Waals surface area contributed by atoms with Crippen LogP contribution in [-0.2, 0) is 4.79 Å². The Balaban J connectivity index is 1.72. The van der Waals surface area contributed by atoms with Crippen molar-refractivity contribution in [2.24, 2.45) is 0 Å². The number of hydrogen-bond donors (Lipinski definition) is 3. The summed E-state index contributed by atoms with van der Waals surface area (Å²) in [6.45, 7) is 0.893. The van der Waals surface area contributed by atoms with Crippen molar-refractivity contribution in [2.45, 2.75) is 18.9 Å². The molecule has 1 unspecified atom stereocenters. The molecule has 20 heavy (non-hydrogen) atoms. The molecular formula is C14H15N3O2S. The first kappa shape index (κ1) is 13.1. The maximum Gasteiger partial charge on any atom is 0.243 e. The van der Waals surface area contributed by atoms with E-state index in [2.05, 4.69) is 15.6 Å². The van der Waals surface area contributed by atoms with Crippen molar-refractivity contribution >= 4 is 22.4 Å². The third-order valence-corrected chi connectivity index (χ3v) is 4.01. The summed E-state index contributed by atoms with van der Waals surface area (Å²) in [5.74, 6) is 0.176. The second kappa shape index (κ2) is 5.60. The van der Waals surface area contributed by atoms with Gasteiger partial charge in [0, 0.05) is 10.9 Å². The number of nitrogens with zero attached hydrogens (tertiary/aromatic N) is 1. The SMILES string of the molecule is O=C(Nc1nc(-c2cccc(O)c2)cs1)C1CCCN1. The number of aromatic nitrogens is 1. The van der Waals surface area contributed by atoms with Crippen molar-refractivity contribution in [3.63, 3.8) is 0 Å². The van der Waals surface area contributed by atoms with Gasteiger partial charge in [-0.15, -0.1) is 11.3 Å². The summed E-state index contributed by atoms with van der Waals surface area (Å²) < 4.78 is 0. The normalized spacial score (nSPS) is 18.1. The van der Waals surface area contributed by atoms with Crippen molar-refractivity contribution < 1.29 is 9.90 Å². The highest BCUT2D eigenvalue weighted by atomic mass is 32.1. The van der Waals surface area contributed by atoms with Crippen LogP contribution in [0, 0.1) is 0 Å². The summed E-state index contributed by atoms with van der Waals surface area (Å²) in [5, 5.41) is 17.9. The zero-order valence-electron chi connectivity index (χ0n) is 10.8. The average Bonchev–Trinajstić information content (AvgIpc) is 3.10. The molecule has 0 aliphatic carbocycles. The fourth-order valence-corrected chi connectivity index (χ4v) is 2.95. The number of benzene rings is 1. The van der Waals surface area contributed by atoms with Crippen molar-refractivity contribution in [1.29, 1.82) is 0 Å². The minimum absolute atomic E-state index is 0.0284. The molecule has 0 saturated carbocycles. The first-order chi connectivity index (χ1) is 9.72.